The van der Waals surface area contributed by atoms with E-state index in [1.165, 1.54) is 19.3 Å². The SMILES string of the molecule is CC(C)CCCCCNC(=O)C(C)(Br)Br. The van der Waals surface area contributed by atoms with E-state index in [1.807, 2.05) is 0 Å². The molecule has 0 aliphatic rings. The molecule has 1 amide bonds. The minimum absolute atomic E-state index is 0.00800. The maximum Gasteiger partial charge on any atom is 0.247 e. The van der Waals surface area contributed by atoms with E-state index in [2.05, 4.69) is 51.0 Å². The second kappa shape index (κ2) is 7.66. The van der Waals surface area contributed by atoms with E-state index in [0.717, 1.165) is 18.9 Å². The van der Waals surface area contributed by atoms with Crippen LogP contribution in [-0.4, -0.2) is 15.7 Å². The van der Waals surface area contributed by atoms with Gasteiger partial charge in [-0.25, -0.2) is 0 Å². The lowest BCUT2D eigenvalue weighted by molar-refractivity contribution is -0.120. The standard InChI is InChI=1S/C11H21Br2NO/c1-9(2)7-5-4-6-8-14-10(15)11(3,12)13/h9H,4-8H2,1-3H3,(H,14,15). The van der Waals surface area contributed by atoms with Crippen LogP contribution in [0.4, 0.5) is 0 Å². The van der Waals surface area contributed by atoms with Gasteiger partial charge in [0.05, 0.1) is 0 Å². The van der Waals surface area contributed by atoms with Crippen LogP contribution in [-0.2, 0) is 4.79 Å². The van der Waals surface area contributed by atoms with Crippen molar-refractivity contribution in [2.45, 2.75) is 49.7 Å². The van der Waals surface area contributed by atoms with Gasteiger partial charge in [-0.1, -0.05) is 65.0 Å². The van der Waals surface area contributed by atoms with E-state index in [0.29, 0.717) is 0 Å². The quantitative estimate of drug-likeness (QED) is 0.553. The molecule has 0 aliphatic carbocycles. The largest absolute Gasteiger partial charge is 0.354 e. The van der Waals surface area contributed by atoms with E-state index in [4.69, 9.17) is 0 Å². The molecule has 1 N–H and O–H groups in total. The molecule has 2 nitrogen and oxygen atoms in total. The number of amides is 1. The molecular weight excluding hydrogens is 322 g/mol. The molecule has 0 aromatic heterocycles. The summed E-state index contributed by atoms with van der Waals surface area (Å²) in [6.07, 6.45) is 4.80. The number of alkyl halides is 2. The number of carbonyl (C=O) groups excluding carboxylic acids is 1. The summed E-state index contributed by atoms with van der Waals surface area (Å²) < 4.78 is -0.627. The molecule has 0 aromatic rings. The van der Waals surface area contributed by atoms with Crippen molar-refractivity contribution >= 4 is 37.8 Å². The van der Waals surface area contributed by atoms with Crippen molar-refractivity contribution < 1.29 is 4.79 Å². The Bertz CT molecular complexity index is 188. The van der Waals surface area contributed by atoms with Crippen LogP contribution in [0.15, 0.2) is 0 Å². The number of hydrogen-bond acceptors (Lipinski definition) is 1. The molecule has 0 heterocycles. The van der Waals surface area contributed by atoms with E-state index >= 15 is 0 Å². The normalized spacial score (nSPS) is 11.9. The van der Waals surface area contributed by atoms with Gasteiger partial charge in [0.25, 0.3) is 0 Å². The summed E-state index contributed by atoms with van der Waals surface area (Å²) in [7, 11) is 0. The van der Waals surface area contributed by atoms with Crippen molar-refractivity contribution in [1.82, 2.24) is 5.32 Å². The highest BCUT2D eigenvalue weighted by atomic mass is 79.9. The molecular formula is C11H21Br2NO. The molecule has 0 aliphatic heterocycles. The summed E-state index contributed by atoms with van der Waals surface area (Å²) in [6, 6.07) is 0. The van der Waals surface area contributed by atoms with E-state index in [1.54, 1.807) is 6.92 Å². The molecule has 15 heavy (non-hydrogen) atoms. The molecule has 0 spiro atoms. The molecule has 0 aromatic carbocycles. The first-order valence-electron chi connectivity index (χ1n) is 5.50. The Hall–Kier alpha value is 0.430. The highest BCUT2D eigenvalue weighted by Crippen LogP contribution is 2.24. The zero-order valence-corrected chi connectivity index (χ0v) is 12.9. The van der Waals surface area contributed by atoms with Crippen molar-refractivity contribution in [3.05, 3.63) is 0 Å². The molecule has 0 unspecified atom stereocenters. The average Bonchev–Trinajstić information content (AvgIpc) is 2.08. The Morgan fingerprint density at radius 3 is 2.33 bits per heavy atom. The first-order chi connectivity index (χ1) is 6.84. The predicted octanol–water partition coefficient (Wildman–Crippen LogP) is 3.83. The Labute approximate surface area is 110 Å². The fraction of sp³-hybridized carbons (Fsp3) is 0.909. The smallest absolute Gasteiger partial charge is 0.247 e. The second-order valence-corrected chi connectivity index (χ2v) is 8.62. The molecule has 0 fully saturated rings. The molecule has 0 atom stereocenters. The molecule has 0 saturated carbocycles. The van der Waals surface area contributed by atoms with Crippen LogP contribution >= 0.6 is 31.9 Å². The summed E-state index contributed by atoms with van der Waals surface area (Å²) in [5.74, 6) is 0.777. The van der Waals surface area contributed by atoms with Crippen LogP contribution in [0.5, 0.6) is 0 Å². The van der Waals surface area contributed by atoms with Crippen LogP contribution in [0.3, 0.4) is 0 Å². The van der Waals surface area contributed by atoms with Gasteiger partial charge in [0, 0.05) is 6.54 Å². The van der Waals surface area contributed by atoms with Gasteiger partial charge in [0.1, 0.15) is 0 Å². The number of unbranched alkanes of at least 4 members (excludes halogenated alkanes) is 2. The molecule has 0 bridgehead atoms. The van der Waals surface area contributed by atoms with Crippen LogP contribution < -0.4 is 5.32 Å². The van der Waals surface area contributed by atoms with Gasteiger partial charge >= 0.3 is 0 Å². The van der Waals surface area contributed by atoms with Gasteiger partial charge in [-0.15, -0.1) is 0 Å². The minimum Gasteiger partial charge on any atom is -0.354 e. The zero-order chi connectivity index (χ0) is 11.9. The van der Waals surface area contributed by atoms with Gasteiger partial charge in [-0.2, -0.15) is 0 Å². The van der Waals surface area contributed by atoms with E-state index in [9.17, 15) is 4.79 Å². The number of rotatable bonds is 7. The van der Waals surface area contributed by atoms with Crippen molar-refractivity contribution in [2.24, 2.45) is 5.92 Å². The molecule has 90 valence electrons. The highest BCUT2D eigenvalue weighted by Gasteiger charge is 2.24. The molecule has 4 heteroatoms. The van der Waals surface area contributed by atoms with Gasteiger partial charge in [0.2, 0.25) is 5.91 Å². The van der Waals surface area contributed by atoms with Crippen LogP contribution in [0, 0.1) is 5.92 Å². The zero-order valence-electron chi connectivity index (χ0n) is 9.78. The van der Waals surface area contributed by atoms with Crippen LogP contribution in [0.25, 0.3) is 0 Å². The maximum atomic E-state index is 11.4. The Morgan fingerprint density at radius 2 is 1.87 bits per heavy atom. The van der Waals surface area contributed by atoms with Gasteiger partial charge in [-0.05, 0) is 19.3 Å². The summed E-state index contributed by atoms with van der Waals surface area (Å²) in [5, 5.41) is 2.88. The molecule has 0 radical (unpaired) electrons. The first-order valence-corrected chi connectivity index (χ1v) is 7.08. The van der Waals surface area contributed by atoms with Gasteiger partial charge in [0.15, 0.2) is 3.23 Å². The summed E-state index contributed by atoms with van der Waals surface area (Å²) in [6.45, 7) is 7.02. The number of halogens is 2. The van der Waals surface area contributed by atoms with Crippen molar-refractivity contribution in [1.29, 1.82) is 0 Å². The van der Waals surface area contributed by atoms with Crippen molar-refractivity contribution in [3.8, 4) is 0 Å². The average molecular weight is 343 g/mol. The fourth-order valence-electron chi connectivity index (χ4n) is 1.21. The fourth-order valence-corrected chi connectivity index (χ4v) is 1.49. The Balaban J connectivity index is 3.36. The van der Waals surface area contributed by atoms with Gasteiger partial charge < -0.3 is 5.32 Å². The topological polar surface area (TPSA) is 29.1 Å². The Kier molecular flexibility index (Phi) is 7.88. The maximum absolute atomic E-state index is 11.4. The third-order valence-corrected chi connectivity index (χ3v) is 2.86. The lowest BCUT2D eigenvalue weighted by Gasteiger charge is -2.13. The van der Waals surface area contributed by atoms with Crippen molar-refractivity contribution in [3.63, 3.8) is 0 Å². The number of hydrogen-bond donors (Lipinski definition) is 1. The predicted molar refractivity (Wildman–Crippen MR) is 72.6 cm³/mol. The number of nitrogens with one attached hydrogen (secondary N) is 1. The second-order valence-electron chi connectivity index (χ2n) is 4.39. The minimum atomic E-state index is -0.627. The lowest BCUT2D eigenvalue weighted by Crippen LogP contribution is -2.35. The monoisotopic (exact) mass is 341 g/mol. The van der Waals surface area contributed by atoms with E-state index in [-0.39, 0.29) is 5.91 Å². The molecule has 0 rings (SSSR count). The first kappa shape index (κ1) is 15.4. The van der Waals surface area contributed by atoms with Crippen LogP contribution in [0.1, 0.15) is 46.5 Å². The van der Waals surface area contributed by atoms with Gasteiger partial charge in [-0.3, -0.25) is 4.79 Å². The highest BCUT2D eigenvalue weighted by molar-refractivity contribution is 9.25. The van der Waals surface area contributed by atoms with E-state index < -0.39 is 3.23 Å². The van der Waals surface area contributed by atoms with Crippen molar-refractivity contribution in [2.75, 3.05) is 6.54 Å². The lowest BCUT2D eigenvalue weighted by atomic mass is 10.1. The number of carbonyl (C=O) groups is 1. The van der Waals surface area contributed by atoms with Crippen LogP contribution in [0.2, 0.25) is 0 Å². The molecule has 0 saturated heterocycles. The summed E-state index contributed by atoms with van der Waals surface area (Å²) in [4.78, 5) is 11.4. The Morgan fingerprint density at radius 1 is 1.27 bits per heavy atom. The third kappa shape index (κ3) is 9.36. The third-order valence-electron chi connectivity index (χ3n) is 2.14. The summed E-state index contributed by atoms with van der Waals surface area (Å²) >= 11 is 6.50. The summed E-state index contributed by atoms with van der Waals surface area (Å²) in [5.41, 5.74) is 0.